The van der Waals surface area contributed by atoms with Crippen molar-refractivity contribution < 1.29 is 26.7 Å². The van der Waals surface area contributed by atoms with E-state index in [0.717, 1.165) is 18.7 Å². The summed E-state index contributed by atoms with van der Waals surface area (Å²) in [6.45, 7) is 3.69. The highest BCUT2D eigenvalue weighted by Gasteiger charge is 2.27. The van der Waals surface area contributed by atoms with Crippen LogP contribution in [0.5, 0.6) is 0 Å². The highest BCUT2D eigenvalue weighted by Crippen LogP contribution is 2.22. The predicted octanol–water partition coefficient (Wildman–Crippen LogP) is 4.16. The number of amides is 1. The van der Waals surface area contributed by atoms with Crippen LogP contribution in [0.3, 0.4) is 0 Å². The van der Waals surface area contributed by atoms with Crippen molar-refractivity contribution in [1.82, 2.24) is 19.4 Å². The van der Waals surface area contributed by atoms with Gasteiger partial charge >= 0.3 is 0 Å². The first-order valence-electron chi connectivity index (χ1n) is 13.7. The lowest BCUT2D eigenvalue weighted by Crippen LogP contribution is -2.43. The Balaban J connectivity index is 1.48. The molecule has 0 atom stereocenters. The number of aromatic nitrogens is 2. The molecule has 1 amide bonds. The second-order valence-electron chi connectivity index (χ2n) is 10.1. The molecule has 1 fully saturated rings. The van der Waals surface area contributed by atoms with Gasteiger partial charge < -0.3 is 14.2 Å². The number of hydrogen-bond donors (Lipinski definition) is 0. The number of morpholine rings is 1. The van der Waals surface area contributed by atoms with E-state index in [9.17, 15) is 22.0 Å². The van der Waals surface area contributed by atoms with E-state index in [1.165, 1.54) is 53.6 Å². The number of sulfone groups is 1. The molecule has 8 nitrogen and oxygen atoms in total. The van der Waals surface area contributed by atoms with Gasteiger partial charge in [-0.3, -0.25) is 9.69 Å². The number of ether oxygens (including phenoxy) is 1. The molecule has 4 aromatic rings. The van der Waals surface area contributed by atoms with E-state index >= 15 is 0 Å². The number of nitrogens with zero attached hydrogens (tertiary/aromatic N) is 4. The third-order valence-electron chi connectivity index (χ3n) is 7.17. The first-order chi connectivity index (χ1) is 20.3. The maximum absolute atomic E-state index is 14.7. The summed E-state index contributed by atoms with van der Waals surface area (Å²) in [4.78, 5) is 21.7. The standard InChI is InChI=1S/C31H32F2N4O4S/c32-26-12-10-25(11-13-26)23-42(39,40)31-34-20-27(37(31)21-24-6-2-1-3-7-24)22-36(15-14-35-16-18-41-19-17-35)30(38)28-8-4-5-9-29(28)33/h1-13,20H,14-19,21-23H2. The van der Waals surface area contributed by atoms with E-state index in [2.05, 4.69) is 9.88 Å². The zero-order valence-corrected chi connectivity index (χ0v) is 23.8. The lowest BCUT2D eigenvalue weighted by Gasteiger charge is -2.30. The second kappa shape index (κ2) is 13.4. The summed E-state index contributed by atoms with van der Waals surface area (Å²) in [6.07, 6.45) is 1.46. The molecule has 42 heavy (non-hydrogen) atoms. The van der Waals surface area contributed by atoms with Gasteiger partial charge in [0.25, 0.3) is 5.91 Å². The molecule has 1 aromatic heterocycles. The van der Waals surface area contributed by atoms with Crippen molar-refractivity contribution >= 4 is 15.7 Å². The minimum absolute atomic E-state index is 0.0173. The number of halogens is 2. The van der Waals surface area contributed by atoms with Crippen LogP contribution in [0.15, 0.2) is 90.2 Å². The molecule has 1 aliphatic heterocycles. The molecule has 0 aliphatic carbocycles. The van der Waals surface area contributed by atoms with E-state index in [0.29, 0.717) is 37.6 Å². The van der Waals surface area contributed by atoms with Gasteiger partial charge in [0.2, 0.25) is 15.0 Å². The monoisotopic (exact) mass is 594 g/mol. The Kier molecular flexibility index (Phi) is 9.41. The molecule has 1 aliphatic rings. The zero-order valence-electron chi connectivity index (χ0n) is 23.0. The number of benzene rings is 3. The van der Waals surface area contributed by atoms with Crippen molar-refractivity contribution in [2.24, 2.45) is 0 Å². The van der Waals surface area contributed by atoms with Crippen LogP contribution in [0.25, 0.3) is 0 Å². The molecular formula is C31H32F2N4O4S. The Hall–Kier alpha value is -3.93. The van der Waals surface area contributed by atoms with Gasteiger partial charge in [-0.25, -0.2) is 22.2 Å². The van der Waals surface area contributed by atoms with Gasteiger partial charge in [0.15, 0.2) is 0 Å². The molecule has 0 radical (unpaired) electrons. The van der Waals surface area contributed by atoms with Gasteiger partial charge in [0, 0.05) is 26.2 Å². The Morgan fingerprint density at radius 2 is 1.60 bits per heavy atom. The van der Waals surface area contributed by atoms with Crippen molar-refractivity contribution in [3.05, 3.63) is 119 Å². The lowest BCUT2D eigenvalue weighted by molar-refractivity contribution is 0.0318. The fourth-order valence-corrected chi connectivity index (χ4v) is 6.40. The third kappa shape index (κ3) is 7.28. The fourth-order valence-electron chi connectivity index (χ4n) is 4.91. The summed E-state index contributed by atoms with van der Waals surface area (Å²) in [6, 6.07) is 20.4. The minimum atomic E-state index is -3.96. The number of carbonyl (C=O) groups excluding carboxylic acids is 1. The molecule has 3 aromatic carbocycles. The SMILES string of the molecule is O=C(c1ccccc1F)N(CCN1CCOCC1)Cc1cnc(S(=O)(=O)Cc2ccc(F)cc2)n1Cc1ccccc1. The average Bonchev–Trinajstić information content (AvgIpc) is 3.40. The molecule has 5 rings (SSSR count). The number of carbonyl (C=O) groups is 1. The van der Waals surface area contributed by atoms with Crippen LogP contribution in [0.1, 0.15) is 27.2 Å². The Morgan fingerprint density at radius 1 is 0.905 bits per heavy atom. The topological polar surface area (TPSA) is 84.7 Å². The van der Waals surface area contributed by atoms with Crippen molar-refractivity contribution in [2.45, 2.75) is 24.0 Å². The molecular weight excluding hydrogens is 562 g/mol. The van der Waals surface area contributed by atoms with E-state index in [1.54, 1.807) is 10.6 Å². The van der Waals surface area contributed by atoms with Gasteiger partial charge in [-0.15, -0.1) is 0 Å². The van der Waals surface area contributed by atoms with Gasteiger partial charge in [-0.05, 0) is 35.4 Å². The number of imidazole rings is 1. The normalized spacial score (nSPS) is 14.1. The van der Waals surface area contributed by atoms with E-state index < -0.39 is 27.4 Å². The summed E-state index contributed by atoms with van der Waals surface area (Å²) in [5.74, 6) is -1.95. The van der Waals surface area contributed by atoms with Crippen LogP contribution >= 0.6 is 0 Å². The highest BCUT2D eigenvalue weighted by molar-refractivity contribution is 7.90. The van der Waals surface area contributed by atoms with Crippen LogP contribution in [-0.2, 0) is 33.4 Å². The summed E-state index contributed by atoms with van der Waals surface area (Å²) in [5.41, 5.74) is 1.70. The number of rotatable bonds is 11. The maximum Gasteiger partial charge on any atom is 0.257 e. The van der Waals surface area contributed by atoms with Gasteiger partial charge in [0.1, 0.15) is 11.6 Å². The van der Waals surface area contributed by atoms with E-state index in [1.807, 2.05) is 30.3 Å². The van der Waals surface area contributed by atoms with Crippen LogP contribution < -0.4 is 0 Å². The predicted molar refractivity (Wildman–Crippen MR) is 153 cm³/mol. The summed E-state index contributed by atoms with van der Waals surface area (Å²) < 4.78 is 62.4. The molecule has 220 valence electrons. The van der Waals surface area contributed by atoms with Crippen LogP contribution in [-0.4, -0.2) is 73.1 Å². The summed E-state index contributed by atoms with van der Waals surface area (Å²) in [5, 5.41) is -0.155. The van der Waals surface area contributed by atoms with E-state index in [-0.39, 0.29) is 29.6 Å². The number of hydrogen-bond acceptors (Lipinski definition) is 6. The quantitative estimate of drug-likeness (QED) is 0.259. The molecule has 0 unspecified atom stereocenters. The molecule has 0 bridgehead atoms. The summed E-state index contributed by atoms with van der Waals surface area (Å²) >= 11 is 0. The van der Waals surface area contributed by atoms with Crippen LogP contribution in [0, 0.1) is 11.6 Å². The Bertz CT molecular complexity index is 1610. The molecule has 1 saturated heterocycles. The second-order valence-corrected chi connectivity index (χ2v) is 12.0. The van der Waals surface area contributed by atoms with Gasteiger partial charge in [0.05, 0.1) is 49.5 Å². The largest absolute Gasteiger partial charge is 0.379 e. The Morgan fingerprint density at radius 3 is 2.31 bits per heavy atom. The van der Waals surface area contributed by atoms with Crippen molar-refractivity contribution in [3.63, 3.8) is 0 Å². The fraction of sp³-hybridized carbons (Fsp3) is 0.290. The smallest absolute Gasteiger partial charge is 0.257 e. The van der Waals surface area contributed by atoms with E-state index in [4.69, 9.17) is 4.74 Å². The molecule has 2 heterocycles. The van der Waals surface area contributed by atoms with Gasteiger partial charge in [-0.1, -0.05) is 54.6 Å². The van der Waals surface area contributed by atoms with Crippen LogP contribution in [0.4, 0.5) is 8.78 Å². The molecule has 11 heteroatoms. The third-order valence-corrected chi connectivity index (χ3v) is 8.76. The minimum Gasteiger partial charge on any atom is -0.379 e. The highest BCUT2D eigenvalue weighted by atomic mass is 32.2. The van der Waals surface area contributed by atoms with Crippen molar-refractivity contribution in [3.8, 4) is 0 Å². The van der Waals surface area contributed by atoms with Crippen molar-refractivity contribution in [2.75, 3.05) is 39.4 Å². The summed E-state index contributed by atoms with van der Waals surface area (Å²) in [7, 11) is -3.96. The van der Waals surface area contributed by atoms with Gasteiger partial charge in [-0.2, -0.15) is 0 Å². The average molecular weight is 595 g/mol. The Labute approximate surface area is 244 Å². The molecule has 0 N–H and O–H groups in total. The maximum atomic E-state index is 14.7. The van der Waals surface area contributed by atoms with Crippen LogP contribution in [0.2, 0.25) is 0 Å². The first-order valence-corrected chi connectivity index (χ1v) is 15.3. The van der Waals surface area contributed by atoms with Crippen molar-refractivity contribution in [1.29, 1.82) is 0 Å². The lowest BCUT2D eigenvalue weighted by atomic mass is 10.1. The first kappa shape index (κ1) is 29.6. The molecule has 0 saturated carbocycles. The molecule has 0 spiro atoms. The zero-order chi connectivity index (χ0) is 29.5.